The van der Waals surface area contributed by atoms with Crippen molar-refractivity contribution in [2.24, 2.45) is 10.9 Å². The fourth-order valence-corrected chi connectivity index (χ4v) is 2.84. The lowest BCUT2D eigenvalue weighted by atomic mass is 10.0. The Balaban J connectivity index is 2.73. The molecular weight excluding hydrogens is 382 g/mol. The van der Waals surface area contributed by atoms with Crippen LogP contribution in [-0.4, -0.2) is 62.7 Å². The zero-order chi connectivity index (χ0) is 22.5. The molecule has 0 aliphatic heterocycles. The molecule has 0 aliphatic rings. The minimum Gasteiger partial charge on any atom is -0.450 e. The van der Waals surface area contributed by atoms with Crippen LogP contribution in [0.4, 0.5) is 4.79 Å². The highest BCUT2D eigenvalue weighted by Crippen LogP contribution is 2.08. The van der Waals surface area contributed by atoms with Crippen LogP contribution in [0.25, 0.3) is 0 Å². The van der Waals surface area contributed by atoms with Crippen molar-refractivity contribution in [3.8, 4) is 0 Å². The Morgan fingerprint density at radius 3 is 2.30 bits per heavy atom. The maximum atomic E-state index is 12.0. The van der Waals surface area contributed by atoms with Gasteiger partial charge in [-0.15, -0.1) is 0 Å². The van der Waals surface area contributed by atoms with E-state index in [1.165, 1.54) is 0 Å². The Hall–Kier alpha value is -2.77. The average Bonchev–Trinajstić information content (AvgIpc) is 2.69. The number of amides is 2. The maximum Gasteiger partial charge on any atom is 0.407 e. The van der Waals surface area contributed by atoms with Gasteiger partial charge in [-0.25, -0.2) is 9.79 Å². The lowest BCUT2D eigenvalue weighted by molar-refractivity contribution is 0.0827. The minimum absolute atomic E-state index is 0.0228. The van der Waals surface area contributed by atoms with Crippen molar-refractivity contribution in [3.05, 3.63) is 35.4 Å². The summed E-state index contributed by atoms with van der Waals surface area (Å²) in [6.45, 7) is 10.1. The van der Waals surface area contributed by atoms with E-state index in [-0.39, 0.29) is 11.9 Å². The van der Waals surface area contributed by atoms with Gasteiger partial charge in [0.25, 0.3) is 5.91 Å². The topological polar surface area (TPSA) is 95.1 Å². The Morgan fingerprint density at radius 1 is 1.10 bits per heavy atom. The molecule has 8 nitrogen and oxygen atoms in total. The number of ether oxygens (including phenoxy) is 1. The fourth-order valence-electron chi connectivity index (χ4n) is 2.84. The summed E-state index contributed by atoms with van der Waals surface area (Å²) >= 11 is 0. The van der Waals surface area contributed by atoms with E-state index < -0.39 is 6.09 Å². The molecule has 3 N–H and O–H groups in total. The van der Waals surface area contributed by atoms with Crippen molar-refractivity contribution < 1.29 is 14.3 Å². The molecule has 1 unspecified atom stereocenters. The molecule has 30 heavy (non-hydrogen) atoms. The highest BCUT2D eigenvalue weighted by molar-refractivity contribution is 5.93. The molecule has 1 aromatic rings. The molecule has 1 rings (SSSR count). The third-order valence-electron chi connectivity index (χ3n) is 4.24. The van der Waals surface area contributed by atoms with Crippen LogP contribution in [0.15, 0.2) is 29.3 Å². The van der Waals surface area contributed by atoms with Gasteiger partial charge in [0.1, 0.15) is 0 Å². The van der Waals surface area contributed by atoms with Crippen LogP contribution in [0.5, 0.6) is 0 Å². The molecule has 0 radical (unpaired) electrons. The van der Waals surface area contributed by atoms with Gasteiger partial charge in [0.2, 0.25) is 0 Å². The smallest absolute Gasteiger partial charge is 0.407 e. The summed E-state index contributed by atoms with van der Waals surface area (Å²) in [5.74, 6) is 1.08. The monoisotopic (exact) mass is 419 g/mol. The van der Waals surface area contributed by atoms with Gasteiger partial charge < -0.3 is 25.6 Å². The Labute approximate surface area is 180 Å². The summed E-state index contributed by atoms with van der Waals surface area (Å²) in [4.78, 5) is 30.0. The van der Waals surface area contributed by atoms with E-state index in [1.807, 2.05) is 31.2 Å². The number of guanidine groups is 1. The van der Waals surface area contributed by atoms with E-state index in [4.69, 9.17) is 4.74 Å². The molecule has 8 heteroatoms. The predicted octanol–water partition coefficient (Wildman–Crippen LogP) is 2.60. The summed E-state index contributed by atoms with van der Waals surface area (Å²) in [5, 5.41) is 9.42. The molecule has 0 heterocycles. The number of aliphatic imine (C=N–C) groups is 1. The van der Waals surface area contributed by atoms with Crippen molar-refractivity contribution in [3.63, 3.8) is 0 Å². The van der Waals surface area contributed by atoms with Gasteiger partial charge in [0.15, 0.2) is 5.96 Å². The number of rotatable bonds is 10. The molecule has 0 bridgehead atoms. The van der Waals surface area contributed by atoms with E-state index in [9.17, 15) is 9.59 Å². The average molecular weight is 420 g/mol. The molecule has 1 atom stereocenters. The molecular formula is C22H37N5O3. The predicted molar refractivity (Wildman–Crippen MR) is 121 cm³/mol. The minimum atomic E-state index is -0.403. The second kappa shape index (κ2) is 13.5. The first-order chi connectivity index (χ1) is 14.3. The number of hydrogen-bond donors (Lipinski definition) is 3. The normalized spacial score (nSPS) is 12.3. The van der Waals surface area contributed by atoms with Crippen molar-refractivity contribution in [2.45, 2.75) is 46.7 Å². The number of benzene rings is 1. The van der Waals surface area contributed by atoms with E-state index in [1.54, 1.807) is 25.9 Å². The van der Waals surface area contributed by atoms with Gasteiger partial charge in [-0.3, -0.25) is 4.79 Å². The Kier molecular flexibility index (Phi) is 11.3. The van der Waals surface area contributed by atoms with Crippen molar-refractivity contribution in [1.29, 1.82) is 0 Å². The number of hydrogen-bond acceptors (Lipinski definition) is 4. The van der Waals surface area contributed by atoms with Crippen LogP contribution in [0.3, 0.4) is 0 Å². The van der Waals surface area contributed by atoms with Crippen LogP contribution < -0.4 is 16.0 Å². The summed E-state index contributed by atoms with van der Waals surface area (Å²) in [6.07, 6.45) is 0.423. The first-order valence-corrected chi connectivity index (χ1v) is 10.5. The number of carbonyl (C=O) groups excluding carboxylic acids is 2. The third kappa shape index (κ3) is 9.62. The highest BCUT2D eigenvalue weighted by Gasteiger charge is 2.15. The number of alkyl carbamates (subject to hydrolysis) is 1. The van der Waals surface area contributed by atoms with Gasteiger partial charge >= 0.3 is 6.09 Å². The van der Waals surface area contributed by atoms with Crippen LogP contribution in [0.1, 0.15) is 50.0 Å². The molecule has 0 saturated carbocycles. The van der Waals surface area contributed by atoms with Gasteiger partial charge in [0.05, 0.1) is 13.2 Å². The van der Waals surface area contributed by atoms with Crippen molar-refractivity contribution in [2.75, 3.05) is 33.8 Å². The first kappa shape index (κ1) is 25.3. The molecule has 0 saturated heterocycles. The summed E-state index contributed by atoms with van der Waals surface area (Å²) in [7, 11) is 3.47. The van der Waals surface area contributed by atoms with Crippen molar-refractivity contribution in [1.82, 2.24) is 20.9 Å². The van der Waals surface area contributed by atoms with Gasteiger partial charge in [0, 0.05) is 38.8 Å². The summed E-state index contributed by atoms with van der Waals surface area (Å²) in [6, 6.07) is 7.39. The zero-order valence-corrected chi connectivity index (χ0v) is 19.1. The van der Waals surface area contributed by atoms with Gasteiger partial charge in [-0.05, 0) is 43.9 Å². The Bertz CT molecular complexity index is 687. The highest BCUT2D eigenvalue weighted by atomic mass is 16.5. The summed E-state index contributed by atoms with van der Waals surface area (Å²) in [5.41, 5.74) is 1.66. The molecule has 0 fully saturated rings. The largest absolute Gasteiger partial charge is 0.450 e. The lowest BCUT2D eigenvalue weighted by Gasteiger charge is -2.22. The number of nitrogens with one attached hydrogen (secondary N) is 3. The van der Waals surface area contributed by atoms with E-state index >= 15 is 0 Å². The molecule has 0 aromatic heterocycles. The SMILES string of the molecule is CCNC(=NCc1ccc(C(=O)N(C)C)cc1)NCC(CC(C)C)NC(=O)OCC. The molecule has 168 valence electrons. The van der Waals surface area contributed by atoms with Crippen LogP contribution >= 0.6 is 0 Å². The zero-order valence-electron chi connectivity index (χ0n) is 19.1. The van der Waals surface area contributed by atoms with E-state index in [0.29, 0.717) is 37.1 Å². The summed E-state index contributed by atoms with van der Waals surface area (Å²) < 4.78 is 5.00. The first-order valence-electron chi connectivity index (χ1n) is 10.5. The third-order valence-corrected chi connectivity index (χ3v) is 4.24. The van der Waals surface area contributed by atoms with Crippen LogP contribution in [0.2, 0.25) is 0 Å². The second-order valence-electron chi connectivity index (χ2n) is 7.66. The maximum absolute atomic E-state index is 12.0. The van der Waals surface area contributed by atoms with E-state index in [2.05, 4.69) is 34.8 Å². The lowest BCUT2D eigenvalue weighted by Crippen LogP contribution is -2.47. The standard InChI is InChI=1S/C22H37N5O3/c1-7-23-21(25-15-19(13-16(3)4)26-22(29)30-8-2)24-14-17-9-11-18(12-10-17)20(28)27(5)6/h9-12,16,19H,7-8,13-15H2,1-6H3,(H,26,29)(H2,23,24,25). The van der Waals surface area contributed by atoms with Gasteiger partial charge in [-0.2, -0.15) is 0 Å². The quantitative estimate of drug-likeness (QED) is 0.400. The van der Waals surface area contributed by atoms with Crippen LogP contribution in [-0.2, 0) is 11.3 Å². The molecule has 0 spiro atoms. The Morgan fingerprint density at radius 2 is 1.77 bits per heavy atom. The van der Waals surface area contributed by atoms with Gasteiger partial charge in [-0.1, -0.05) is 26.0 Å². The fraction of sp³-hybridized carbons (Fsp3) is 0.591. The molecule has 2 amide bonds. The molecule has 1 aromatic carbocycles. The number of nitrogens with zero attached hydrogens (tertiary/aromatic N) is 2. The van der Waals surface area contributed by atoms with Crippen LogP contribution in [0, 0.1) is 5.92 Å². The second-order valence-corrected chi connectivity index (χ2v) is 7.66. The number of carbonyl (C=O) groups is 2. The molecule has 0 aliphatic carbocycles. The van der Waals surface area contributed by atoms with Crippen molar-refractivity contribution >= 4 is 18.0 Å². The van der Waals surface area contributed by atoms with E-state index in [0.717, 1.165) is 18.5 Å².